The topological polar surface area (TPSA) is 220 Å². The van der Waals surface area contributed by atoms with Crippen LogP contribution >= 0.6 is 0 Å². The Bertz CT molecular complexity index is 2410. The third-order valence-corrected chi connectivity index (χ3v) is 11.3. The molecule has 14 nitrogen and oxygen atoms in total. The number of unbranched alkanes of at least 4 members (excludes halogenated alkanes) is 1. The summed E-state index contributed by atoms with van der Waals surface area (Å²) < 4.78 is 18.5. The summed E-state index contributed by atoms with van der Waals surface area (Å²) in [6.45, 7) is 9.09. The smallest absolute Gasteiger partial charge is 0.328 e. The van der Waals surface area contributed by atoms with Crippen LogP contribution < -0.4 is 42.2 Å². The Labute approximate surface area is 394 Å². The van der Waals surface area contributed by atoms with E-state index in [0.717, 1.165) is 44.7 Å². The molecule has 3 atom stereocenters. The number of nitrogens with two attached hydrogens (primary N) is 2. The van der Waals surface area contributed by atoms with Gasteiger partial charge in [-0.25, -0.2) is 4.79 Å². The van der Waals surface area contributed by atoms with Gasteiger partial charge in [-0.2, -0.15) is 0 Å². The monoisotopic (exact) mass is 916 g/mol. The van der Waals surface area contributed by atoms with Crippen LogP contribution in [0.5, 0.6) is 11.5 Å². The van der Waals surface area contributed by atoms with E-state index < -0.39 is 48.4 Å². The van der Waals surface area contributed by atoms with E-state index in [4.69, 9.17) is 31.1 Å². The van der Waals surface area contributed by atoms with E-state index in [1.54, 1.807) is 0 Å². The largest absolute Gasteiger partial charge is 0.493 e. The Hall–Kier alpha value is -6.67. The Morgan fingerprint density at radius 3 is 1.78 bits per heavy atom. The number of carbonyl (C=O) groups excluding carboxylic acids is 4. The van der Waals surface area contributed by atoms with E-state index in [2.05, 4.69) is 47.2 Å². The van der Waals surface area contributed by atoms with E-state index in [-0.39, 0.29) is 37.9 Å². The molecule has 0 heterocycles. The molecule has 0 spiro atoms. The molecule has 9 N–H and O–H groups in total. The van der Waals surface area contributed by atoms with Crippen molar-refractivity contribution in [3.05, 3.63) is 109 Å². The second-order valence-electron chi connectivity index (χ2n) is 17.7. The summed E-state index contributed by atoms with van der Waals surface area (Å²) in [6.07, 6.45) is 3.56. The standard InChI is InChI=1S/C53H69N7O7/c1-35(2)27-31-65-45-25-23-38-17-8-10-19-40(38)48(45)49-41-20-11-9-18-39(41)24-26-46(49)67-34-47(61)58-42(21-12-13-29-54)50(62)59-43(22-14-30-57-53(55)56)51(63)60-44(33-36(3)4)52(64)66-32-28-37-15-6-5-7-16-37/h5-11,15-20,23-26,35-36,42-44H,12-14,21-22,27-34,54H2,1-4H3,(H,58,61)(H,59,62)(H,60,63)(H4,55,56,57)/t42-,43-,44+/m1/s1. The zero-order valence-electron chi connectivity index (χ0n) is 39.4. The lowest BCUT2D eigenvalue weighted by atomic mass is 9.92. The summed E-state index contributed by atoms with van der Waals surface area (Å²) in [5, 5.41) is 22.7. The number of rotatable bonds is 27. The molecule has 0 unspecified atom stereocenters. The molecule has 67 heavy (non-hydrogen) atoms. The number of benzene rings is 5. The van der Waals surface area contributed by atoms with Crippen LogP contribution in [0.3, 0.4) is 0 Å². The number of ether oxygens (including phenoxy) is 3. The molecule has 0 saturated carbocycles. The zero-order chi connectivity index (χ0) is 48.1. The van der Waals surface area contributed by atoms with Crippen LogP contribution in [-0.4, -0.2) is 80.7 Å². The van der Waals surface area contributed by atoms with Gasteiger partial charge in [-0.05, 0) is 103 Å². The molecule has 0 saturated heterocycles. The van der Waals surface area contributed by atoms with Gasteiger partial charge < -0.3 is 46.9 Å². The molecule has 5 aromatic rings. The maximum Gasteiger partial charge on any atom is 0.328 e. The first-order valence-electron chi connectivity index (χ1n) is 23.5. The number of hydrogen-bond acceptors (Lipinski definition) is 9. The number of hydrogen-bond donors (Lipinski definition) is 7. The number of amides is 3. The molecule has 14 heteroatoms. The molecular weight excluding hydrogens is 847 g/mol. The SMILES string of the molecule is CC(C)CCOc1ccc2ccccc2c1-c1c(OCC(=O)N[C@H](CCCCN)C(=O)N[C@H](CCCNC(=N)N)C(=O)N[C@@H](CC(C)C)C(=O)OCCc2ccccc2)ccc2ccccc12. The normalized spacial score (nSPS) is 12.6. The van der Waals surface area contributed by atoms with Crippen molar-refractivity contribution in [1.29, 1.82) is 5.41 Å². The maximum absolute atomic E-state index is 14.2. The Morgan fingerprint density at radius 1 is 0.612 bits per heavy atom. The summed E-state index contributed by atoms with van der Waals surface area (Å²) in [7, 11) is 0. The average molecular weight is 916 g/mol. The molecule has 5 aromatic carbocycles. The lowest BCUT2D eigenvalue weighted by Gasteiger charge is -2.26. The molecule has 0 aliphatic heterocycles. The molecule has 0 aromatic heterocycles. The number of nitrogens with one attached hydrogen (secondary N) is 5. The van der Waals surface area contributed by atoms with Crippen molar-refractivity contribution in [2.24, 2.45) is 23.3 Å². The van der Waals surface area contributed by atoms with E-state index in [0.29, 0.717) is 62.7 Å². The van der Waals surface area contributed by atoms with Gasteiger partial charge in [0.2, 0.25) is 11.8 Å². The summed E-state index contributed by atoms with van der Waals surface area (Å²) in [4.78, 5) is 55.5. The highest BCUT2D eigenvalue weighted by molar-refractivity contribution is 6.10. The zero-order valence-corrected chi connectivity index (χ0v) is 39.4. The number of fused-ring (bicyclic) bond motifs is 2. The average Bonchev–Trinajstić information content (AvgIpc) is 3.31. The van der Waals surface area contributed by atoms with Crippen molar-refractivity contribution in [1.82, 2.24) is 21.3 Å². The van der Waals surface area contributed by atoms with E-state index in [1.807, 2.05) is 105 Å². The van der Waals surface area contributed by atoms with Crippen LogP contribution in [0.15, 0.2) is 103 Å². The molecule has 0 fully saturated rings. The molecule has 0 bridgehead atoms. The highest BCUT2D eigenvalue weighted by atomic mass is 16.5. The number of guanidine groups is 1. The summed E-state index contributed by atoms with van der Waals surface area (Å²) in [5.41, 5.74) is 14.0. The first kappa shape index (κ1) is 51.3. The minimum absolute atomic E-state index is 0.0342. The second-order valence-corrected chi connectivity index (χ2v) is 17.7. The van der Waals surface area contributed by atoms with Gasteiger partial charge in [-0.1, -0.05) is 119 Å². The fraction of sp³-hybridized carbons (Fsp3) is 0.415. The van der Waals surface area contributed by atoms with Crippen LogP contribution in [-0.2, 0) is 30.3 Å². The van der Waals surface area contributed by atoms with Gasteiger partial charge >= 0.3 is 5.97 Å². The first-order valence-corrected chi connectivity index (χ1v) is 23.5. The molecule has 5 rings (SSSR count). The van der Waals surface area contributed by atoms with Crippen molar-refractivity contribution in [3.8, 4) is 22.6 Å². The van der Waals surface area contributed by atoms with Crippen LogP contribution in [0.2, 0.25) is 0 Å². The van der Waals surface area contributed by atoms with Crippen LogP contribution in [0, 0.1) is 17.2 Å². The molecule has 3 amide bonds. The van der Waals surface area contributed by atoms with Crippen molar-refractivity contribution in [2.75, 3.05) is 32.9 Å². The summed E-state index contributed by atoms with van der Waals surface area (Å²) >= 11 is 0. The van der Waals surface area contributed by atoms with Crippen molar-refractivity contribution in [3.63, 3.8) is 0 Å². The van der Waals surface area contributed by atoms with Gasteiger partial charge in [0.15, 0.2) is 12.6 Å². The lowest BCUT2D eigenvalue weighted by Crippen LogP contribution is -2.56. The van der Waals surface area contributed by atoms with Gasteiger partial charge in [0.25, 0.3) is 5.91 Å². The van der Waals surface area contributed by atoms with Crippen molar-refractivity contribution in [2.45, 2.75) is 97.2 Å². The van der Waals surface area contributed by atoms with Gasteiger partial charge in [0.1, 0.15) is 29.6 Å². The van der Waals surface area contributed by atoms with E-state index in [9.17, 15) is 19.2 Å². The predicted molar refractivity (Wildman–Crippen MR) is 266 cm³/mol. The lowest BCUT2D eigenvalue weighted by molar-refractivity contribution is -0.148. The third-order valence-electron chi connectivity index (χ3n) is 11.3. The number of esters is 1. The van der Waals surface area contributed by atoms with Crippen LogP contribution in [0.25, 0.3) is 32.7 Å². The first-order chi connectivity index (χ1) is 32.3. The summed E-state index contributed by atoms with van der Waals surface area (Å²) in [6, 6.07) is 30.4. The molecule has 0 aliphatic carbocycles. The Balaban J connectivity index is 1.36. The van der Waals surface area contributed by atoms with Crippen LogP contribution in [0.1, 0.15) is 78.2 Å². The third kappa shape index (κ3) is 16.0. The maximum atomic E-state index is 14.2. The van der Waals surface area contributed by atoms with Crippen molar-refractivity contribution >= 4 is 51.2 Å². The van der Waals surface area contributed by atoms with Crippen LogP contribution in [0.4, 0.5) is 0 Å². The minimum Gasteiger partial charge on any atom is -0.493 e. The highest BCUT2D eigenvalue weighted by Gasteiger charge is 2.31. The van der Waals surface area contributed by atoms with Gasteiger partial charge in [0.05, 0.1) is 13.2 Å². The summed E-state index contributed by atoms with van der Waals surface area (Å²) in [5.74, 6) is -0.852. The van der Waals surface area contributed by atoms with E-state index in [1.165, 1.54) is 0 Å². The van der Waals surface area contributed by atoms with E-state index >= 15 is 0 Å². The molecule has 0 aliphatic rings. The Kier molecular flexibility index (Phi) is 20.3. The predicted octanol–water partition coefficient (Wildman–Crippen LogP) is 7.14. The van der Waals surface area contributed by atoms with Gasteiger partial charge in [0, 0.05) is 24.1 Å². The Morgan fingerprint density at radius 2 is 1.18 bits per heavy atom. The molecular formula is C53H69N7O7. The molecule has 0 radical (unpaired) electrons. The van der Waals surface area contributed by atoms with Crippen molar-refractivity contribution < 1.29 is 33.4 Å². The second kappa shape index (κ2) is 26.5. The minimum atomic E-state index is -1.10. The molecule has 358 valence electrons. The quantitative estimate of drug-likeness (QED) is 0.0122. The highest BCUT2D eigenvalue weighted by Crippen LogP contribution is 2.45. The number of carbonyl (C=O) groups is 4. The fourth-order valence-corrected chi connectivity index (χ4v) is 7.85. The van der Waals surface area contributed by atoms with Gasteiger partial charge in [-0.15, -0.1) is 0 Å². The van der Waals surface area contributed by atoms with Gasteiger partial charge in [-0.3, -0.25) is 19.8 Å². The fourth-order valence-electron chi connectivity index (χ4n) is 7.85.